The molecule has 2 aromatic rings. The second kappa shape index (κ2) is 6.28. The molecule has 2 heterocycles. The van der Waals surface area contributed by atoms with Crippen molar-refractivity contribution in [3.05, 3.63) is 47.3 Å². The molecule has 5 nitrogen and oxygen atoms in total. The number of hydrogen-bond acceptors (Lipinski definition) is 5. The summed E-state index contributed by atoms with van der Waals surface area (Å²) < 4.78 is 10.3. The number of rotatable bonds is 6. The number of benzene rings is 1. The van der Waals surface area contributed by atoms with E-state index in [0.29, 0.717) is 12.5 Å². The van der Waals surface area contributed by atoms with Crippen molar-refractivity contribution >= 4 is 5.69 Å². The van der Waals surface area contributed by atoms with Gasteiger partial charge in [0.2, 0.25) is 0 Å². The van der Waals surface area contributed by atoms with Crippen LogP contribution in [0.15, 0.2) is 34.9 Å². The number of hydrogen-bond donors (Lipinski definition) is 1. The molecule has 21 heavy (non-hydrogen) atoms. The van der Waals surface area contributed by atoms with Crippen LogP contribution in [0.3, 0.4) is 0 Å². The maximum absolute atomic E-state index is 5.74. The normalized spacial score (nSPS) is 17.2. The fraction of sp³-hybridized carbons (Fsp3) is 0.438. The summed E-state index contributed by atoms with van der Waals surface area (Å²) in [5.41, 5.74) is 9.35. The Morgan fingerprint density at radius 3 is 3.10 bits per heavy atom. The minimum Gasteiger partial charge on any atom is -0.377 e. The molecular formula is C16H21N3O2. The number of methoxy groups -OCH3 is 1. The molecule has 5 heteroatoms. The molecule has 0 spiro atoms. The van der Waals surface area contributed by atoms with Crippen LogP contribution in [0.4, 0.5) is 5.69 Å². The first-order valence-corrected chi connectivity index (χ1v) is 7.29. The molecule has 1 aromatic carbocycles. The Balaban J connectivity index is 1.76. The first-order chi connectivity index (χ1) is 10.3. The number of fused-ring (bicyclic) bond motifs is 1. The summed E-state index contributed by atoms with van der Waals surface area (Å²) in [6.07, 6.45) is 1.02. The molecule has 1 aliphatic heterocycles. The van der Waals surface area contributed by atoms with E-state index in [1.807, 2.05) is 6.07 Å². The third-order valence-electron chi connectivity index (χ3n) is 3.92. The van der Waals surface area contributed by atoms with Crippen LogP contribution in [-0.4, -0.2) is 25.4 Å². The Kier molecular flexibility index (Phi) is 4.22. The standard InChI is InChI=1S/C16H21N3O2/c1-20-11-14-8-13(18-21-14)10-19-9-12(6-7-17)15-4-2-3-5-16(15)19/h2-5,8,12H,6-7,9-11,17H2,1H3. The lowest BCUT2D eigenvalue weighted by Gasteiger charge is -2.18. The summed E-state index contributed by atoms with van der Waals surface area (Å²) in [4.78, 5) is 2.35. The molecule has 3 rings (SSSR count). The van der Waals surface area contributed by atoms with Crippen molar-refractivity contribution in [3.8, 4) is 0 Å². The molecule has 0 aliphatic carbocycles. The van der Waals surface area contributed by atoms with E-state index < -0.39 is 0 Å². The molecular weight excluding hydrogens is 266 g/mol. The van der Waals surface area contributed by atoms with E-state index in [-0.39, 0.29) is 0 Å². The highest BCUT2D eigenvalue weighted by Crippen LogP contribution is 2.38. The van der Waals surface area contributed by atoms with Crippen LogP contribution >= 0.6 is 0 Å². The molecule has 1 atom stereocenters. The van der Waals surface area contributed by atoms with Crippen LogP contribution in [0, 0.1) is 0 Å². The second-order valence-corrected chi connectivity index (χ2v) is 5.43. The van der Waals surface area contributed by atoms with E-state index in [9.17, 15) is 0 Å². The van der Waals surface area contributed by atoms with Crippen LogP contribution < -0.4 is 10.6 Å². The zero-order valence-electron chi connectivity index (χ0n) is 12.3. The van der Waals surface area contributed by atoms with Crippen molar-refractivity contribution in [2.45, 2.75) is 25.5 Å². The third kappa shape index (κ3) is 2.94. The predicted molar refractivity (Wildman–Crippen MR) is 81.1 cm³/mol. The highest BCUT2D eigenvalue weighted by molar-refractivity contribution is 5.60. The number of aromatic nitrogens is 1. The van der Waals surface area contributed by atoms with Crippen molar-refractivity contribution in [2.24, 2.45) is 5.73 Å². The van der Waals surface area contributed by atoms with Crippen molar-refractivity contribution < 1.29 is 9.26 Å². The van der Waals surface area contributed by atoms with Gasteiger partial charge in [-0.1, -0.05) is 23.4 Å². The summed E-state index contributed by atoms with van der Waals surface area (Å²) in [5, 5.41) is 4.12. The minimum absolute atomic E-state index is 0.458. The van der Waals surface area contributed by atoms with Crippen LogP contribution in [0.2, 0.25) is 0 Å². The first kappa shape index (κ1) is 14.1. The SMILES string of the molecule is COCc1cc(CN2CC(CCN)c3ccccc32)no1. The van der Waals surface area contributed by atoms with Gasteiger partial charge < -0.3 is 19.9 Å². The van der Waals surface area contributed by atoms with Gasteiger partial charge in [-0.2, -0.15) is 0 Å². The van der Waals surface area contributed by atoms with E-state index in [4.69, 9.17) is 15.0 Å². The van der Waals surface area contributed by atoms with Crippen LogP contribution in [0.5, 0.6) is 0 Å². The summed E-state index contributed by atoms with van der Waals surface area (Å²) in [6.45, 7) is 2.92. The lowest BCUT2D eigenvalue weighted by atomic mass is 9.98. The summed E-state index contributed by atoms with van der Waals surface area (Å²) in [5.74, 6) is 1.27. The number of nitrogens with two attached hydrogens (primary N) is 1. The zero-order valence-corrected chi connectivity index (χ0v) is 12.3. The Morgan fingerprint density at radius 1 is 1.43 bits per heavy atom. The van der Waals surface area contributed by atoms with Gasteiger partial charge in [-0.25, -0.2) is 0 Å². The van der Waals surface area contributed by atoms with Crippen LogP contribution in [0.25, 0.3) is 0 Å². The maximum atomic E-state index is 5.74. The number of ether oxygens (including phenoxy) is 1. The number of anilines is 1. The molecule has 0 amide bonds. The van der Waals surface area contributed by atoms with Crippen molar-refractivity contribution in [3.63, 3.8) is 0 Å². The highest BCUT2D eigenvalue weighted by Gasteiger charge is 2.28. The molecule has 0 saturated heterocycles. The lowest BCUT2D eigenvalue weighted by Crippen LogP contribution is -2.22. The topological polar surface area (TPSA) is 64.5 Å². The Bertz CT molecular complexity index is 597. The van der Waals surface area contributed by atoms with Gasteiger partial charge in [0.15, 0.2) is 5.76 Å². The molecule has 0 radical (unpaired) electrons. The Labute approximate surface area is 124 Å². The lowest BCUT2D eigenvalue weighted by molar-refractivity contribution is 0.156. The monoisotopic (exact) mass is 287 g/mol. The van der Waals surface area contributed by atoms with Crippen molar-refractivity contribution in [2.75, 3.05) is 25.1 Å². The van der Waals surface area contributed by atoms with Gasteiger partial charge in [-0.15, -0.1) is 0 Å². The molecule has 2 N–H and O–H groups in total. The summed E-state index contributed by atoms with van der Waals surface area (Å²) in [7, 11) is 1.65. The van der Waals surface area contributed by atoms with E-state index in [1.165, 1.54) is 11.3 Å². The first-order valence-electron chi connectivity index (χ1n) is 7.29. The smallest absolute Gasteiger partial charge is 0.162 e. The maximum Gasteiger partial charge on any atom is 0.162 e. The Morgan fingerprint density at radius 2 is 2.29 bits per heavy atom. The van der Waals surface area contributed by atoms with Gasteiger partial charge in [0, 0.05) is 31.3 Å². The molecule has 0 fully saturated rings. The van der Waals surface area contributed by atoms with Crippen LogP contribution in [-0.2, 0) is 17.9 Å². The van der Waals surface area contributed by atoms with Crippen LogP contribution in [0.1, 0.15) is 29.4 Å². The molecule has 1 unspecified atom stereocenters. The molecule has 112 valence electrons. The molecule has 1 aromatic heterocycles. The third-order valence-corrected chi connectivity index (χ3v) is 3.92. The largest absolute Gasteiger partial charge is 0.377 e. The fourth-order valence-corrected chi connectivity index (χ4v) is 3.02. The zero-order chi connectivity index (χ0) is 14.7. The number of para-hydroxylation sites is 1. The van der Waals surface area contributed by atoms with E-state index in [0.717, 1.165) is 37.5 Å². The number of nitrogens with zero attached hydrogens (tertiary/aromatic N) is 2. The second-order valence-electron chi connectivity index (χ2n) is 5.43. The van der Waals surface area contributed by atoms with Gasteiger partial charge in [0.1, 0.15) is 12.3 Å². The van der Waals surface area contributed by atoms with Gasteiger partial charge in [0.25, 0.3) is 0 Å². The summed E-state index contributed by atoms with van der Waals surface area (Å²) >= 11 is 0. The van der Waals surface area contributed by atoms with E-state index in [1.54, 1.807) is 7.11 Å². The summed E-state index contributed by atoms with van der Waals surface area (Å²) in [6, 6.07) is 10.5. The quantitative estimate of drug-likeness (QED) is 0.883. The van der Waals surface area contributed by atoms with E-state index >= 15 is 0 Å². The molecule has 0 saturated carbocycles. The highest BCUT2D eigenvalue weighted by atomic mass is 16.5. The minimum atomic E-state index is 0.458. The van der Waals surface area contributed by atoms with Gasteiger partial charge >= 0.3 is 0 Å². The van der Waals surface area contributed by atoms with Crippen molar-refractivity contribution in [1.29, 1.82) is 0 Å². The fourth-order valence-electron chi connectivity index (χ4n) is 3.02. The molecule has 0 bridgehead atoms. The van der Waals surface area contributed by atoms with Gasteiger partial charge in [-0.05, 0) is 24.6 Å². The van der Waals surface area contributed by atoms with E-state index in [2.05, 4.69) is 34.3 Å². The van der Waals surface area contributed by atoms with Crippen molar-refractivity contribution in [1.82, 2.24) is 5.16 Å². The average molecular weight is 287 g/mol. The average Bonchev–Trinajstić information content (AvgIpc) is 3.07. The predicted octanol–water partition coefficient (Wildman–Crippen LogP) is 2.27. The van der Waals surface area contributed by atoms with Gasteiger partial charge in [-0.3, -0.25) is 0 Å². The van der Waals surface area contributed by atoms with Gasteiger partial charge in [0.05, 0.1) is 6.54 Å². The Hall–Kier alpha value is -1.85. The molecule has 1 aliphatic rings.